The average Bonchev–Trinajstić information content (AvgIpc) is 3.28. The third-order valence-electron chi connectivity index (χ3n) is 10.1. The van der Waals surface area contributed by atoms with Gasteiger partial charge in [0.25, 0.3) is 0 Å². The molecule has 3 aromatic rings. The third kappa shape index (κ3) is 21.5. The van der Waals surface area contributed by atoms with Crippen molar-refractivity contribution in [2.75, 3.05) is 31.6 Å². The molecule has 2 heterocycles. The van der Waals surface area contributed by atoms with Crippen LogP contribution in [-0.4, -0.2) is 118 Å². The number of carbonyl (C=O) groups excluding carboxylic acids is 6. The largest absolute Gasteiger partial charge is 0.480 e. The van der Waals surface area contributed by atoms with Crippen LogP contribution in [0.4, 0.5) is 0 Å². The lowest BCUT2D eigenvalue weighted by Crippen LogP contribution is -2.58. The van der Waals surface area contributed by atoms with Gasteiger partial charge >= 0.3 is 5.97 Å². The standard InChI is InChI=1S/C46H65N9O8S/c1-33(2)27-39(53-44(61)37(51-32-56)21-26-64-3)45(62)54-40(28-34-15-5-4-6-16-34)46(63)52-38(43(60)50-29-42(58)59)19-9-13-24-49-41(57)20-10-14-25-55(30-35-17-7-11-22-47-35)31-36-18-8-12-23-48-36/h4-8,11-12,15-18,22-23,32-33,37-40H,9-10,13-14,19-21,24-31H2,1-3H3,(H,49,57)(H,50,60)(H,51,56)(H,52,63)(H,53,61)(H,54,62)(H,58,59)/t37-,38-,39-,40-/m0/s1. The monoisotopic (exact) mass is 903 g/mol. The topological polar surface area (TPSA) is 241 Å². The molecular formula is C46H65N9O8S. The van der Waals surface area contributed by atoms with Crippen molar-refractivity contribution in [2.45, 2.75) is 109 Å². The molecule has 0 spiro atoms. The lowest BCUT2D eigenvalue weighted by Gasteiger charge is -2.27. The minimum Gasteiger partial charge on any atom is -0.480 e. The molecule has 0 aliphatic heterocycles. The summed E-state index contributed by atoms with van der Waals surface area (Å²) in [7, 11) is 0. The van der Waals surface area contributed by atoms with Crippen LogP contribution in [0.5, 0.6) is 0 Å². The second-order valence-corrected chi connectivity index (χ2v) is 16.9. The Morgan fingerprint density at radius 1 is 0.703 bits per heavy atom. The molecule has 0 unspecified atom stereocenters. The van der Waals surface area contributed by atoms with E-state index < -0.39 is 60.3 Å². The highest BCUT2D eigenvalue weighted by Crippen LogP contribution is 2.12. The van der Waals surface area contributed by atoms with E-state index in [0.29, 0.717) is 69.5 Å². The van der Waals surface area contributed by atoms with Crippen LogP contribution < -0.4 is 31.9 Å². The van der Waals surface area contributed by atoms with Crippen LogP contribution in [0, 0.1) is 5.92 Å². The summed E-state index contributed by atoms with van der Waals surface area (Å²) >= 11 is 1.51. The lowest BCUT2D eigenvalue weighted by molar-refractivity contribution is -0.138. The van der Waals surface area contributed by atoms with Crippen molar-refractivity contribution in [3.8, 4) is 0 Å². The Hall–Kier alpha value is -5.88. The molecule has 0 fully saturated rings. The minimum absolute atomic E-state index is 0.0320. The number of nitrogens with one attached hydrogen (secondary N) is 6. The summed E-state index contributed by atoms with van der Waals surface area (Å²) in [5, 5.41) is 25.3. The molecule has 6 amide bonds. The number of rotatable bonds is 32. The third-order valence-corrected chi connectivity index (χ3v) is 10.7. The van der Waals surface area contributed by atoms with Crippen molar-refractivity contribution >= 4 is 53.7 Å². The van der Waals surface area contributed by atoms with E-state index in [1.165, 1.54) is 11.8 Å². The van der Waals surface area contributed by atoms with Crippen molar-refractivity contribution in [1.82, 2.24) is 46.8 Å². The molecule has 0 radical (unpaired) electrons. The highest BCUT2D eigenvalue weighted by Gasteiger charge is 2.31. The van der Waals surface area contributed by atoms with Gasteiger partial charge in [-0.15, -0.1) is 0 Å². The summed E-state index contributed by atoms with van der Waals surface area (Å²) in [6, 6.07) is 16.3. The first-order valence-electron chi connectivity index (χ1n) is 21.8. The molecule has 1 aromatic carbocycles. The van der Waals surface area contributed by atoms with Gasteiger partial charge in [-0.3, -0.25) is 48.4 Å². The molecule has 3 rings (SSSR count). The summed E-state index contributed by atoms with van der Waals surface area (Å²) in [6.45, 7) is 5.49. The van der Waals surface area contributed by atoms with E-state index in [4.69, 9.17) is 0 Å². The van der Waals surface area contributed by atoms with Gasteiger partial charge in [0.2, 0.25) is 35.9 Å². The van der Waals surface area contributed by atoms with E-state index in [9.17, 15) is 38.7 Å². The predicted molar refractivity (Wildman–Crippen MR) is 245 cm³/mol. The second-order valence-electron chi connectivity index (χ2n) is 15.9. The SMILES string of the molecule is CSCC[C@H](NC=O)C(=O)N[C@@H](CC(C)C)C(=O)N[C@@H](Cc1ccccc1)C(=O)N[C@@H](CCCCNC(=O)CCCCN(Cc1ccccn1)Cc1ccccn1)C(=O)NCC(=O)O. The first-order valence-corrected chi connectivity index (χ1v) is 23.2. The number of carbonyl (C=O) groups is 7. The van der Waals surface area contributed by atoms with Crippen LogP contribution in [0.15, 0.2) is 79.1 Å². The van der Waals surface area contributed by atoms with E-state index in [1.54, 1.807) is 36.7 Å². The molecular weight excluding hydrogens is 839 g/mol. The molecule has 0 aliphatic carbocycles. The van der Waals surface area contributed by atoms with Crippen molar-refractivity contribution in [2.24, 2.45) is 5.92 Å². The number of amides is 6. The maximum Gasteiger partial charge on any atom is 0.322 e. The number of carboxylic acids is 1. The summed E-state index contributed by atoms with van der Waals surface area (Å²) in [5.74, 6) is -3.36. The Kier molecular flexibility index (Phi) is 24.8. The zero-order chi connectivity index (χ0) is 46.5. The summed E-state index contributed by atoms with van der Waals surface area (Å²) in [5.41, 5.74) is 2.62. The quantitative estimate of drug-likeness (QED) is 0.0354. The Morgan fingerprint density at radius 3 is 1.91 bits per heavy atom. The van der Waals surface area contributed by atoms with E-state index >= 15 is 0 Å². The van der Waals surface area contributed by atoms with Gasteiger partial charge in [0.15, 0.2) is 0 Å². The van der Waals surface area contributed by atoms with Gasteiger partial charge in [-0.05, 0) is 99.2 Å². The molecule has 7 N–H and O–H groups in total. The number of pyridine rings is 2. The van der Waals surface area contributed by atoms with Gasteiger partial charge in [0.05, 0.1) is 11.4 Å². The molecule has 4 atom stereocenters. The van der Waals surface area contributed by atoms with E-state index in [0.717, 1.165) is 24.4 Å². The first-order chi connectivity index (χ1) is 30.9. The Morgan fingerprint density at radius 2 is 1.31 bits per heavy atom. The zero-order valence-electron chi connectivity index (χ0n) is 37.1. The zero-order valence-corrected chi connectivity index (χ0v) is 37.9. The van der Waals surface area contributed by atoms with E-state index in [2.05, 4.69) is 46.8 Å². The second kappa shape index (κ2) is 30.2. The lowest BCUT2D eigenvalue weighted by atomic mass is 10.00. The number of aliphatic carboxylic acids is 1. The fourth-order valence-electron chi connectivity index (χ4n) is 6.81. The molecule has 0 bridgehead atoms. The molecule has 18 heteroatoms. The first kappa shape index (κ1) is 52.5. The van der Waals surface area contributed by atoms with Crippen LogP contribution in [0.25, 0.3) is 0 Å². The Labute approximate surface area is 380 Å². The molecule has 348 valence electrons. The van der Waals surface area contributed by atoms with Crippen molar-refractivity contribution in [1.29, 1.82) is 0 Å². The molecule has 0 saturated heterocycles. The van der Waals surface area contributed by atoms with Crippen LogP contribution in [0.2, 0.25) is 0 Å². The summed E-state index contributed by atoms with van der Waals surface area (Å²) in [4.78, 5) is 101. The minimum atomic E-state index is -1.26. The smallest absolute Gasteiger partial charge is 0.322 e. The number of nitrogens with zero attached hydrogens (tertiary/aromatic N) is 3. The predicted octanol–water partition coefficient (Wildman–Crippen LogP) is 2.75. The van der Waals surface area contributed by atoms with Crippen molar-refractivity contribution in [3.63, 3.8) is 0 Å². The number of benzene rings is 1. The maximum absolute atomic E-state index is 14.0. The Bertz CT molecular complexity index is 1840. The summed E-state index contributed by atoms with van der Waals surface area (Å²) < 4.78 is 0. The molecule has 0 aliphatic rings. The molecule has 64 heavy (non-hydrogen) atoms. The normalized spacial score (nSPS) is 12.9. The van der Waals surface area contributed by atoms with Gasteiger partial charge in [0, 0.05) is 44.9 Å². The number of hydrogen-bond acceptors (Lipinski definition) is 11. The van der Waals surface area contributed by atoms with Gasteiger partial charge in [-0.2, -0.15) is 11.8 Å². The fourth-order valence-corrected chi connectivity index (χ4v) is 7.28. The van der Waals surface area contributed by atoms with Crippen molar-refractivity contribution < 1.29 is 38.7 Å². The van der Waals surface area contributed by atoms with Crippen LogP contribution >= 0.6 is 11.8 Å². The number of aromatic nitrogens is 2. The molecule has 2 aromatic heterocycles. The van der Waals surface area contributed by atoms with Crippen LogP contribution in [-0.2, 0) is 53.1 Å². The number of thioether (sulfide) groups is 1. The highest BCUT2D eigenvalue weighted by atomic mass is 32.2. The number of unbranched alkanes of at least 4 members (excludes halogenated alkanes) is 2. The van der Waals surface area contributed by atoms with Gasteiger partial charge in [-0.1, -0.05) is 56.3 Å². The Balaban J connectivity index is 1.60. The van der Waals surface area contributed by atoms with Crippen LogP contribution in [0.1, 0.15) is 82.2 Å². The fraction of sp³-hybridized carbons (Fsp3) is 0.500. The number of hydrogen-bond donors (Lipinski definition) is 7. The molecule has 0 saturated carbocycles. The van der Waals surface area contributed by atoms with Crippen LogP contribution in [0.3, 0.4) is 0 Å². The van der Waals surface area contributed by atoms with E-state index in [1.807, 2.05) is 62.6 Å². The van der Waals surface area contributed by atoms with E-state index in [-0.39, 0.29) is 31.1 Å². The molecule has 17 nitrogen and oxygen atoms in total. The van der Waals surface area contributed by atoms with Gasteiger partial charge in [0.1, 0.15) is 30.7 Å². The van der Waals surface area contributed by atoms with Gasteiger partial charge in [-0.25, -0.2) is 0 Å². The number of carboxylic acid groups (broad SMARTS) is 1. The van der Waals surface area contributed by atoms with Crippen molar-refractivity contribution in [3.05, 3.63) is 96.1 Å². The maximum atomic E-state index is 14.0. The highest BCUT2D eigenvalue weighted by molar-refractivity contribution is 7.98. The average molecular weight is 904 g/mol. The van der Waals surface area contributed by atoms with Gasteiger partial charge < -0.3 is 37.0 Å². The summed E-state index contributed by atoms with van der Waals surface area (Å²) in [6.07, 6.45) is 9.27.